The molecule has 0 aliphatic rings. The van der Waals surface area contributed by atoms with Crippen LogP contribution in [0, 0.1) is 5.82 Å². The van der Waals surface area contributed by atoms with Crippen molar-refractivity contribution in [2.75, 3.05) is 20.3 Å². The van der Waals surface area contributed by atoms with E-state index >= 15 is 0 Å². The summed E-state index contributed by atoms with van der Waals surface area (Å²) in [6.45, 7) is 3.46. The fraction of sp³-hybridized carbons (Fsp3) is 0.500. The van der Waals surface area contributed by atoms with Crippen molar-refractivity contribution in [3.8, 4) is 0 Å². The maximum Gasteiger partial charge on any atom is 0.123 e. The zero-order valence-electron chi connectivity index (χ0n) is 9.59. The fourth-order valence-corrected chi connectivity index (χ4v) is 1.84. The SMILES string of the molecule is CCNC(COC)Cc1cc(F)ccc1Cl. The molecule has 0 saturated carbocycles. The first-order valence-corrected chi connectivity index (χ1v) is 5.71. The Morgan fingerprint density at radius 3 is 2.88 bits per heavy atom. The molecule has 1 unspecified atom stereocenters. The third kappa shape index (κ3) is 4.08. The van der Waals surface area contributed by atoms with Crippen LogP contribution in [0.1, 0.15) is 12.5 Å². The van der Waals surface area contributed by atoms with Gasteiger partial charge in [-0.3, -0.25) is 0 Å². The summed E-state index contributed by atoms with van der Waals surface area (Å²) in [4.78, 5) is 0. The lowest BCUT2D eigenvalue weighted by molar-refractivity contribution is 0.167. The summed E-state index contributed by atoms with van der Waals surface area (Å²) in [6.07, 6.45) is 0.665. The van der Waals surface area contributed by atoms with Crippen LogP contribution in [-0.2, 0) is 11.2 Å². The molecular formula is C12H17ClFNO. The largest absolute Gasteiger partial charge is 0.383 e. The minimum absolute atomic E-state index is 0.161. The molecule has 1 aromatic carbocycles. The Kier molecular flexibility index (Phi) is 5.74. The molecule has 0 fully saturated rings. The second-order valence-electron chi connectivity index (χ2n) is 3.65. The predicted molar refractivity (Wildman–Crippen MR) is 64.5 cm³/mol. The summed E-state index contributed by atoms with van der Waals surface area (Å²) in [6, 6.07) is 4.59. The van der Waals surface area contributed by atoms with Crippen molar-refractivity contribution in [2.45, 2.75) is 19.4 Å². The second-order valence-corrected chi connectivity index (χ2v) is 4.06. The van der Waals surface area contributed by atoms with Crippen molar-refractivity contribution in [1.29, 1.82) is 0 Å². The Balaban J connectivity index is 2.71. The molecule has 2 nitrogen and oxygen atoms in total. The number of rotatable bonds is 6. The van der Waals surface area contributed by atoms with Gasteiger partial charge in [0.1, 0.15) is 5.82 Å². The molecule has 4 heteroatoms. The van der Waals surface area contributed by atoms with Gasteiger partial charge in [0.05, 0.1) is 6.61 Å². The van der Waals surface area contributed by atoms with E-state index in [1.54, 1.807) is 13.2 Å². The van der Waals surface area contributed by atoms with Crippen LogP contribution in [0.5, 0.6) is 0 Å². The van der Waals surface area contributed by atoms with Crippen LogP contribution < -0.4 is 5.32 Å². The summed E-state index contributed by atoms with van der Waals surface area (Å²) in [5.41, 5.74) is 0.810. The van der Waals surface area contributed by atoms with Gasteiger partial charge < -0.3 is 10.1 Å². The highest BCUT2D eigenvalue weighted by Crippen LogP contribution is 2.18. The van der Waals surface area contributed by atoms with Crippen LogP contribution in [0.2, 0.25) is 5.02 Å². The number of halogens is 2. The monoisotopic (exact) mass is 245 g/mol. The van der Waals surface area contributed by atoms with Gasteiger partial charge in [0.2, 0.25) is 0 Å². The van der Waals surface area contributed by atoms with Gasteiger partial charge in [0, 0.05) is 18.2 Å². The standard InChI is InChI=1S/C12H17ClFNO/c1-3-15-11(8-16-2)7-9-6-10(14)4-5-12(9)13/h4-6,11,15H,3,7-8H2,1-2H3. The van der Waals surface area contributed by atoms with Crippen LogP contribution in [0.15, 0.2) is 18.2 Å². The van der Waals surface area contributed by atoms with Gasteiger partial charge in [-0.25, -0.2) is 4.39 Å². The number of likely N-dealkylation sites (N-methyl/N-ethyl adjacent to an activating group) is 1. The predicted octanol–water partition coefficient (Wildman–Crippen LogP) is 2.65. The molecule has 16 heavy (non-hydrogen) atoms. The van der Waals surface area contributed by atoms with Gasteiger partial charge in [-0.15, -0.1) is 0 Å². The van der Waals surface area contributed by atoms with Crippen LogP contribution >= 0.6 is 11.6 Å². The molecule has 1 aromatic rings. The van der Waals surface area contributed by atoms with Crippen molar-refractivity contribution in [2.24, 2.45) is 0 Å². The Bertz CT molecular complexity index is 327. The van der Waals surface area contributed by atoms with Crippen LogP contribution in [0.25, 0.3) is 0 Å². The van der Waals surface area contributed by atoms with Crippen molar-refractivity contribution in [1.82, 2.24) is 5.32 Å². The van der Waals surface area contributed by atoms with Gasteiger partial charge in [-0.05, 0) is 36.7 Å². The van der Waals surface area contributed by atoms with Crippen molar-refractivity contribution < 1.29 is 9.13 Å². The topological polar surface area (TPSA) is 21.3 Å². The average molecular weight is 246 g/mol. The molecule has 0 bridgehead atoms. The Morgan fingerprint density at radius 1 is 1.50 bits per heavy atom. The van der Waals surface area contributed by atoms with E-state index in [1.165, 1.54) is 12.1 Å². The van der Waals surface area contributed by atoms with Gasteiger partial charge >= 0.3 is 0 Å². The minimum atomic E-state index is -0.257. The Hall–Kier alpha value is -0.640. The first kappa shape index (κ1) is 13.4. The van der Waals surface area contributed by atoms with E-state index in [0.29, 0.717) is 18.1 Å². The number of nitrogens with one attached hydrogen (secondary N) is 1. The average Bonchev–Trinajstić information content (AvgIpc) is 2.24. The lowest BCUT2D eigenvalue weighted by Gasteiger charge is -2.17. The smallest absolute Gasteiger partial charge is 0.123 e. The number of ether oxygens (including phenoxy) is 1. The van der Waals surface area contributed by atoms with E-state index in [-0.39, 0.29) is 11.9 Å². The van der Waals surface area contributed by atoms with Crippen molar-refractivity contribution in [3.63, 3.8) is 0 Å². The van der Waals surface area contributed by atoms with E-state index < -0.39 is 0 Å². The molecule has 0 heterocycles. The number of hydrogen-bond acceptors (Lipinski definition) is 2. The second kappa shape index (κ2) is 6.84. The van der Waals surface area contributed by atoms with Crippen molar-refractivity contribution in [3.05, 3.63) is 34.6 Å². The highest BCUT2D eigenvalue weighted by Gasteiger charge is 2.11. The van der Waals surface area contributed by atoms with Gasteiger partial charge in [0.25, 0.3) is 0 Å². The Morgan fingerprint density at radius 2 is 2.25 bits per heavy atom. The van der Waals surface area contributed by atoms with Gasteiger partial charge in [-0.2, -0.15) is 0 Å². The molecular weight excluding hydrogens is 229 g/mol. The molecule has 0 saturated heterocycles. The molecule has 0 radical (unpaired) electrons. The summed E-state index contributed by atoms with van der Waals surface area (Å²) >= 11 is 6.01. The maximum atomic E-state index is 13.1. The molecule has 0 aliphatic carbocycles. The fourth-order valence-electron chi connectivity index (χ4n) is 1.65. The van der Waals surface area contributed by atoms with Gasteiger partial charge in [-0.1, -0.05) is 18.5 Å². The van der Waals surface area contributed by atoms with Crippen LogP contribution in [-0.4, -0.2) is 26.3 Å². The van der Waals surface area contributed by atoms with Crippen molar-refractivity contribution >= 4 is 11.6 Å². The quantitative estimate of drug-likeness (QED) is 0.832. The van der Waals surface area contributed by atoms with Gasteiger partial charge in [0.15, 0.2) is 0 Å². The molecule has 1 rings (SSSR count). The third-order valence-electron chi connectivity index (χ3n) is 2.33. The lowest BCUT2D eigenvalue weighted by atomic mass is 10.1. The highest BCUT2D eigenvalue weighted by atomic mass is 35.5. The molecule has 0 amide bonds. The first-order valence-electron chi connectivity index (χ1n) is 5.33. The van der Waals surface area contributed by atoms with E-state index in [2.05, 4.69) is 5.32 Å². The van der Waals surface area contributed by atoms with Crippen LogP contribution in [0.4, 0.5) is 4.39 Å². The molecule has 0 aliphatic heterocycles. The normalized spacial score (nSPS) is 12.8. The minimum Gasteiger partial charge on any atom is -0.383 e. The van der Waals surface area contributed by atoms with E-state index in [0.717, 1.165) is 12.1 Å². The Labute approximate surface area is 101 Å². The van der Waals surface area contributed by atoms with E-state index in [9.17, 15) is 4.39 Å². The first-order chi connectivity index (χ1) is 7.67. The molecule has 0 spiro atoms. The van der Waals surface area contributed by atoms with E-state index in [4.69, 9.17) is 16.3 Å². The highest BCUT2D eigenvalue weighted by molar-refractivity contribution is 6.31. The molecule has 1 atom stereocenters. The zero-order chi connectivity index (χ0) is 12.0. The van der Waals surface area contributed by atoms with Crippen LogP contribution in [0.3, 0.4) is 0 Å². The third-order valence-corrected chi connectivity index (χ3v) is 2.70. The lowest BCUT2D eigenvalue weighted by Crippen LogP contribution is -2.35. The molecule has 90 valence electrons. The summed E-state index contributed by atoms with van der Waals surface area (Å²) in [5, 5.41) is 3.87. The zero-order valence-corrected chi connectivity index (χ0v) is 10.4. The summed E-state index contributed by atoms with van der Waals surface area (Å²) < 4.78 is 18.2. The molecule has 1 N–H and O–H groups in total. The number of methoxy groups -OCH3 is 1. The summed E-state index contributed by atoms with van der Waals surface area (Å²) in [7, 11) is 1.65. The summed E-state index contributed by atoms with van der Waals surface area (Å²) in [5.74, 6) is -0.257. The van der Waals surface area contributed by atoms with E-state index in [1.807, 2.05) is 6.92 Å². The maximum absolute atomic E-state index is 13.1. The number of benzene rings is 1. The molecule has 0 aromatic heterocycles. The number of hydrogen-bond donors (Lipinski definition) is 1.